The Labute approximate surface area is 222 Å². The van der Waals surface area contributed by atoms with Crippen LogP contribution in [-0.2, 0) is 20.7 Å². The van der Waals surface area contributed by atoms with Crippen molar-refractivity contribution >= 4 is 28.2 Å². The molecule has 0 aromatic heterocycles. The summed E-state index contributed by atoms with van der Waals surface area (Å²) in [7, 11) is 0. The van der Waals surface area contributed by atoms with Gasteiger partial charge in [-0.3, -0.25) is 0 Å². The normalized spacial score (nSPS) is 27.6. The van der Waals surface area contributed by atoms with Crippen molar-refractivity contribution in [1.82, 2.24) is 0 Å². The molecule has 5 nitrogen and oxygen atoms in total. The molecule has 5 atom stereocenters. The van der Waals surface area contributed by atoms with E-state index in [0.29, 0.717) is 22.4 Å². The molecule has 1 saturated carbocycles. The number of hydrogen-bond donors (Lipinski definition) is 1. The highest BCUT2D eigenvalue weighted by Gasteiger charge is 2.75. The number of aliphatic hydroxyl groups is 1. The third-order valence-electron chi connectivity index (χ3n) is 7.55. The van der Waals surface area contributed by atoms with Crippen molar-refractivity contribution < 1.29 is 24.2 Å². The molecule has 37 heavy (non-hydrogen) atoms. The second-order valence-electron chi connectivity index (χ2n) is 9.43. The first-order chi connectivity index (χ1) is 18.0. The zero-order chi connectivity index (χ0) is 25.6. The quantitative estimate of drug-likeness (QED) is 0.250. The van der Waals surface area contributed by atoms with E-state index in [1.807, 2.05) is 66.7 Å². The van der Waals surface area contributed by atoms with Crippen molar-refractivity contribution in [2.24, 2.45) is 5.92 Å². The van der Waals surface area contributed by atoms with E-state index in [-0.39, 0.29) is 0 Å². The molecule has 2 bridgehead atoms. The summed E-state index contributed by atoms with van der Waals surface area (Å²) in [5, 5.41) is 12.6. The van der Waals surface area contributed by atoms with E-state index in [2.05, 4.69) is 15.9 Å². The Balaban J connectivity index is 1.63. The number of hydrogen-bond acceptors (Lipinski definition) is 5. The maximum absolute atomic E-state index is 13.5. The highest BCUT2D eigenvalue weighted by Crippen LogP contribution is 2.66. The third-order valence-corrected chi connectivity index (χ3v) is 8.08. The van der Waals surface area contributed by atoms with Gasteiger partial charge in [0.2, 0.25) is 0 Å². The van der Waals surface area contributed by atoms with Gasteiger partial charge < -0.3 is 19.4 Å². The minimum Gasteiger partial charge on any atom is -0.477 e. The molecule has 0 amide bonds. The van der Waals surface area contributed by atoms with E-state index >= 15 is 0 Å². The van der Waals surface area contributed by atoms with Gasteiger partial charge in [-0.2, -0.15) is 0 Å². The summed E-state index contributed by atoms with van der Waals surface area (Å²) >= 11 is 3.39. The molecule has 1 aliphatic carbocycles. The van der Waals surface area contributed by atoms with Crippen molar-refractivity contribution in [1.29, 1.82) is 0 Å². The van der Waals surface area contributed by atoms with Crippen LogP contribution in [0.4, 0.5) is 0 Å². The molecule has 1 aliphatic heterocycles. The standard InChI is InChI=1S/C31H23BrO5/c32-23-17-15-21(16-18-23)28(34)36-29-30(35)24-13-7-8-14-26(24)37-31(29,22-11-5-2-6-12-22)27(25(30)19-33)20-9-3-1-4-10-20/h1-19,25,27,29,35H/t25-,27-,29?,30+,31?/m1/s1. The molecule has 4 aromatic carbocycles. The number of carbonyl (C=O) groups is 2. The molecule has 6 heteroatoms. The van der Waals surface area contributed by atoms with Gasteiger partial charge in [0, 0.05) is 16.0 Å². The molecule has 1 fully saturated rings. The number of carbonyl (C=O) groups excluding carboxylic acids is 2. The zero-order valence-corrected chi connectivity index (χ0v) is 21.2. The summed E-state index contributed by atoms with van der Waals surface area (Å²) in [6.45, 7) is 0. The fraction of sp³-hybridized carbons (Fsp3) is 0.161. The summed E-state index contributed by atoms with van der Waals surface area (Å²) < 4.78 is 13.9. The lowest BCUT2D eigenvalue weighted by molar-refractivity contribution is -0.160. The maximum Gasteiger partial charge on any atom is 0.338 e. The SMILES string of the molecule is O=C[C@@H]1[C@@H](c2ccccc2)C2(c3ccccc3)Oc3ccccc3[C@@]1(O)C2OC(=O)c1ccc(Br)cc1. The van der Waals surface area contributed by atoms with Gasteiger partial charge in [0.15, 0.2) is 11.7 Å². The Morgan fingerprint density at radius 2 is 1.49 bits per heavy atom. The van der Waals surface area contributed by atoms with Crippen LogP contribution in [0.5, 0.6) is 5.75 Å². The Morgan fingerprint density at radius 1 is 0.865 bits per heavy atom. The van der Waals surface area contributed by atoms with E-state index in [0.717, 1.165) is 16.3 Å². The van der Waals surface area contributed by atoms with E-state index in [9.17, 15) is 14.7 Å². The smallest absolute Gasteiger partial charge is 0.338 e. The molecule has 1 heterocycles. The summed E-state index contributed by atoms with van der Waals surface area (Å²) in [4.78, 5) is 26.4. The number of fused-ring (bicyclic) bond motifs is 4. The first-order valence-electron chi connectivity index (χ1n) is 12.0. The number of para-hydroxylation sites is 1. The number of esters is 1. The van der Waals surface area contributed by atoms with Gasteiger partial charge in [0.25, 0.3) is 0 Å². The Hall–Kier alpha value is -3.74. The molecule has 4 aromatic rings. The van der Waals surface area contributed by atoms with E-state index in [4.69, 9.17) is 9.47 Å². The van der Waals surface area contributed by atoms with Gasteiger partial charge in [0.1, 0.15) is 17.6 Å². The van der Waals surface area contributed by atoms with Crippen LogP contribution in [-0.4, -0.2) is 23.5 Å². The van der Waals surface area contributed by atoms with Crippen LogP contribution in [0.15, 0.2) is 114 Å². The highest BCUT2D eigenvalue weighted by molar-refractivity contribution is 9.10. The molecule has 2 aliphatic rings. The fourth-order valence-electron chi connectivity index (χ4n) is 6.02. The van der Waals surface area contributed by atoms with Gasteiger partial charge >= 0.3 is 5.97 Å². The Morgan fingerprint density at radius 3 is 2.16 bits per heavy atom. The molecule has 1 N–H and O–H groups in total. The lowest BCUT2D eigenvalue weighted by atomic mass is 9.75. The van der Waals surface area contributed by atoms with Crippen molar-refractivity contribution in [3.63, 3.8) is 0 Å². The number of ether oxygens (including phenoxy) is 2. The molecule has 2 unspecified atom stereocenters. The first-order valence-corrected chi connectivity index (χ1v) is 12.8. The van der Waals surface area contributed by atoms with Crippen LogP contribution >= 0.6 is 15.9 Å². The second kappa shape index (κ2) is 8.98. The van der Waals surface area contributed by atoms with Crippen LogP contribution in [0, 0.1) is 5.92 Å². The van der Waals surface area contributed by atoms with Crippen LogP contribution < -0.4 is 4.74 Å². The molecule has 0 spiro atoms. The topological polar surface area (TPSA) is 72.8 Å². The largest absolute Gasteiger partial charge is 0.477 e. The molecular weight excluding hydrogens is 532 g/mol. The Kier molecular flexibility index (Phi) is 5.74. The number of rotatable bonds is 5. The predicted octanol–water partition coefficient (Wildman–Crippen LogP) is 5.76. The van der Waals surface area contributed by atoms with E-state index in [1.54, 1.807) is 42.5 Å². The van der Waals surface area contributed by atoms with Gasteiger partial charge in [0.05, 0.1) is 11.5 Å². The number of halogens is 1. The minimum atomic E-state index is -1.84. The van der Waals surface area contributed by atoms with Crippen molar-refractivity contribution in [3.8, 4) is 5.75 Å². The highest BCUT2D eigenvalue weighted by atomic mass is 79.9. The maximum atomic E-state index is 13.5. The lowest BCUT2D eigenvalue weighted by Crippen LogP contribution is -2.56. The average molecular weight is 555 g/mol. The minimum absolute atomic E-state index is 0.326. The zero-order valence-electron chi connectivity index (χ0n) is 19.7. The monoisotopic (exact) mass is 554 g/mol. The molecule has 0 radical (unpaired) electrons. The molecule has 6 rings (SSSR count). The number of benzene rings is 4. The summed E-state index contributed by atoms with van der Waals surface area (Å²) in [6, 6.07) is 32.8. The summed E-state index contributed by atoms with van der Waals surface area (Å²) in [5.41, 5.74) is -0.954. The van der Waals surface area contributed by atoms with Crippen molar-refractivity contribution in [2.75, 3.05) is 0 Å². The predicted molar refractivity (Wildman–Crippen MR) is 141 cm³/mol. The second-order valence-corrected chi connectivity index (χ2v) is 10.3. The Bertz CT molecular complexity index is 1460. The van der Waals surface area contributed by atoms with Crippen LogP contribution in [0.2, 0.25) is 0 Å². The van der Waals surface area contributed by atoms with Crippen molar-refractivity contribution in [3.05, 3.63) is 136 Å². The fourth-order valence-corrected chi connectivity index (χ4v) is 6.28. The van der Waals surface area contributed by atoms with Crippen molar-refractivity contribution in [2.45, 2.75) is 23.2 Å². The number of aldehydes is 1. The van der Waals surface area contributed by atoms with Gasteiger partial charge in [-0.15, -0.1) is 0 Å². The van der Waals surface area contributed by atoms with Gasteiger partial charge in [-0.1, -0.05) is 94.8 Å². The van der Waals surface area contributed by atoms with E-state index < -0.39 is 35.1 Å². The average Bonchev–Trinajstić information content (AvgIpc) is 3.08. The first kappa shape index (κ1) is 23.6. The molecular formula is C31H23BrO5. The third kappa shape index (κ3) is 3.47. The molecule has 184 valence electrons. The van der Waals surface area contributed by atoms with Gasteiger partial charge in [-0.25, -0.2) is 4.79 Å². The van der Waals surface area contributed by atoms with E-state index in [1.165, 1.54) is 0 Å². The van der Waals surface area contributed by atoms with Gasteiger partial charge in [-0.05, 0) is 41.5 Å². The van der Waals surface area contributed by atoms with Crippen LogP contribution in [0.25, 0.3) is 0 Å². The summed E-state index contributed by atoms with van der Waals surface area (Å²) in [6.07, 6.45) is -0.442. The van der Waals surface area contributed by atoms with Crippen LogP contribution in [0.1, 0.15) is 33.0 Å². The van der Waals surface area contributed by atoms with Crippen LogP contribution in [0.3, 0.4) is 0 Å². The lowest BCUT2D eigenvalue weighted by Gasteiger charge is -2.46. The molecule has 0 saturated heterocycles. The summed E-state index contributed by atoms with van der Waals surface area (Å²) in [5.74, 6) is -1.76.